The molecule has 1 aliphatic heterocycles. The minimum Gasteiger partial charge on any atom is -0.492 e. The molecule has 1 saturated heterocycles. The minimum atomic E-state index is -5.69. The van der Waals surface area contributed by atoms with Gasteiger partial charge in [0.2, 0.25) is 5.88 Å². The highest BCUT2D eigenvalue weighted by Gasteiger charge is 2.47. The van der Waals surface area contributed by atoms with Gasteiger partial charge in [-0.1, -0.05) is 44.9 Å². The molecule has 7 unspecified atom stereocenters. The van der Waals surface area contributed by atoms with Crippen LogP contribution < -0.4 is 5.32 Å². The molecule has 19 nitrogen and oxygen atoms in total. The monoisotopic (exact) mass is 717 g/mol. The SMILES string of the molecule is O=P(O)(OCCCCCCNC1CCCCCCC1)OP(=O)(O)OP(=O)(O)OCC1OC(n2cnc3c(O)ncnc32)C(O)C1O. The van der Waals surface area contributed by atoms with Crippen LogP contribution >= 0.6 is 23.5 Å². The first kappa shape index (κ1) is 37.4. The van der Waals surface area contributed by atoms with Gasteiger partial charge in [0.05, 0.1) is 19.5 Å². The van der Waals surface area contributed by atoms with Crippen LogP contribution in [0.15, 0.2) is 12.7 Å². The molecule has 7 N–H and O–H groups in total. The van der Waals surface area contributed by atoms with E-state index in [1.54, 1.807) is 0 Å². The van der Waals surface area contributed by atoms with Gasteiger partial charge in [0.15, 0.2) is 17.4 Å². The van der Waals surface area contributed by atoms with E-state index >= 15 is 0 Å². The Morgan fingerprint density at radius 2 is 1.50 bits per heavy atom. The Hall–Kier alpha value is -1.40. The van der Waals surface area contributed by atoms with Gasteiger partial charge >= 0.3 is 23.5 Å². The van der Waals surface area contributed by atoms with Crippen LogP contribution in [0.5, 0.6) is 5.88 Å². The fourth-order valence-corrected chi connectivity index (χ4v) is 8.89. The van der Waals surface area contributed by atoms with Gasteiger partial charge in [-0.05, 0) is 32.2 Å². The Morgan fingerprint density at radius 1 is 0.848 bits per heavy atom. The zero-order valence-corrected chi connectivity index (χ0v) is 27.7. The van der Waals surface area contributed by atoms with E-state index in [0.29, 0.717) is 18.9 Å². The molecule has 0 bridgehead atoms. The summed E-state index contributed by atoms with van der Waals surface area (Å²) in [4.78, 5) is 41.0. The molecule has 7 atom stereocenters. The van der Waals surface area contributed by atoms with E-state index in [1.807, 2.05) is 0 Å². The first-order valence-electron chi connectivity index (χ1n) is 15.1. The third-order valence-corrected chi connectivity index (χ3v) is 11.9. The normalized spacial score (nSPS) is 27.1. The first-order valence-corrected chi connectivity index (χ1v) is 19.6. The van der Waals surface area contributed by atoms with Crippen LogP contribution in [0.2, 0.25) is 0 Å². The van der Waals surface area contributed by atoms with Crippen molar-refractivity contribution in [3.05, 3.63) is 12.7 Å². The molecular weight excluding hydrogens is 675 g/mol. The van der Waals surface area contributed by atoms with Crippen molar-refractivity contribution in [1.82, 2.24) is 24.8 Å². The lowest BCUT2D eigenvalue weighted by atomic mass is 9.96. The largest absolute Gasteiger partial charge is 0.492 e. The summed E-state index contributed by atoms with van der Waals surface area (Å²) < 4.78 is 60.9. The Labute approximate surface area is 265 Å². The second-order valence-electron chi connectivity index (χ2n) is 11.2. The second kappa shape index (κ2) is 16.8. The Kier molecular flexibility index (Phi) is 13.7. The van der Waals surface area contributed by atoms with Gasteiger partial charge in [0.1, 0.15) is 24.6 Å². The lowest BCUT2D eigenvalue weighted by Gasteiger charge is -2.21. The number of hydrogen-bond donors (Lipinski definition) is 7. The Bertz CT molecular complexity index is 1410. The highest BCUT2D eigenvalue weighted by atomic mass is 31.3. The molecule has 0 radical (unpaired) electrons. The highest BCUT2D eigenvalue weighted by Crippen LogP contribution is 2.67. The van der Waals surface area contributed by atoms with Crippen LogP contribution in [0.3, 0.4) is 0 Å². The smallest absolute Gasteiger partial charge is 0.490 e. The summed E-state index contributed by atoms with van der Waals surface area (Å²) in [6.07, 6.45) is 7.56. The molecule has 0 amide bonds. The maximum absolute atomic E-state index is 12.3. The van der Waals surface area contributed by atoms with E-state index in [9.17, 15) is 43.7 Å². The maximum atomic E-state index is 12.3. The van der Waals surface area contributed by atoms with Crippen molar-refractivity contribution in [2.24, 2.45) is 0 Å². The number of nitrogens with one attached hydrogen (secondary N) is 1. The number of ether oxygens (including phenoxy) is 1. The van der Waals surface area contributed by atoms with Crippen LogP contribution in [0.25, 0.3) is 11.2 Å². The number of aliphatic hydroxyl groups excluding tert-OH is 2. The summed E-state index contributed by atoms with van der Waals surface area (Å²) in [7, 11) is -16.3. The number of aromatic nitrogens is 4. The molecule has 262 valence electrons. The van der Waals surface area contributed by atoms with Crippen molar-refractivity contribution in [2.75, 3.05) is 19.8 Å². The van der Waals surface area contributed by atoms with Crippen molar-refractivity contribution in [3.8, 4) is 5.88 Å². The fraction of sp³-hybridized carbons (Fsp3) is 0.792. The first-order chi connectivity index (χ1) is 21.8. The van der Waals surface area contributed by atoms with E-state index in [4.69, 9.17) is 9.26 Å². The molecule has 2 aromatic heterocycles. The minimum absolute atomic E-state index is 0.0206. The summed E-state index contributed by atoms with van der Waals surface area (Å²) in [6, 6.07) is 0.543. The standard InChI is InChI=1S/C24H42N5O14P3/c30-20-18(41-24(21(20)31)29-16-28-19-22(29)26-15-27-23(19)32)14-40-45(35,36)43-46(37,38)42-44(33,34)39-13-9-5-4-8-12-25-17-10-6-2-1-3-7-11-17/h15-18,20-21,24-25,30-31H,1-14H2,(H,33,34)(H,35,36)(H,37,38)(H,26,27,32). The van der Waals surface area contributed by atoms with Crippen LogP contribution in [-0.4, -0.2) is 93.6 Å². The molecule has 0 spiro atoms. The summed E-state index contributed by atoms with van der Waals surface area (Å²) in [5, 5.41) is 34.2. The van der Waals surface area contributed by atoms with Gasteiger partial charge in [-0.15, -0.1) is 0 Å². The number of unbranched alkanes of at least 4 members (excludes halogenated alkanes) is 3. The molecule has 0 aromatic carbocycles. The molecule has 2 aliphatic rings. The number of fused-ring (bicyclic) bond motifs is 1. The zero-order valence-electron chi connectivity index (χ0n) is 25.0. The number of rotatable bonds is 17. The van der Waals surface area contributed by atoms with E-state index in [0.717, 1.165) is 32.0 Å². The molecule has 46 heavy (non-hydrogen) atoms. The van der Waals surface area contributed by atoms with Crippen LogP contribution in [-0.2, 0) is 36.1 Å². The van der Waals surface area contributed by atoms with E-state index in [-0.39, 0.29) is 17.8 Å². The molecule has 4 rings (SSSR count). The summed E-state index contributed by atoms with van der Waals surface area (Å²) in [6.45, 7) is -0.356. The van der Waals surface area contributed by atoms with Gasteiger partial charge in [-0.2, -0.15) is 13.6 Å². The number of aromatic hydroxyl groups is 1. The molecule has 1 saturated carbocycles. The number of nitrogens with zero attached hydrogens (tertiary/aromatic N) is 4. The third-order valence-electron chi connectivity index (χ3n) is 7.63. The predicted octanol–water partition coefficient (Wildman–Crippen LogP) is 2.78. The number of aliphatic hydroxyl groups is 2. The van der Waals surface area contributed by atoms with Crippen LogP contribution in [0, 0.1) is 0 Å². The molecule has 22 heteroatoms. The Morgan fingerprint density at radius 3 is 2.22 bits per heavy atom. The molecule has 3 heterocycles. The lowest BCUT2D eigenvalue weighted by molar-refractivity contribution is -0.0503. The summed E-state index contributed by atoms with van der Waals surface area (Å²) >= 11 is 0. The Balaban J connectivity index is 1.15. The topological polar surface area (TPSA) is 274 Å². The van der Waals surface area contributed by atoms with E-state index in [2.05, 4.69) is 33.4 Å². The van der Waals surface area contributed by atoms with Gasteiger partial charge in [0, 0.05) is 6.04 Å². The predicted molar refractivity (Wildman–Crippen MR) is 159 cm³/mol. The quantitative estimate of drug-likeness (QED) is 0.0915. The van der Waals surface area contributed by atoms with Crippen LogP contribution in [0.1, 0.15) is 76.9 Å². The molecular formula is C24H42N5O14P3. The second-order valence-corrected chi connectivity index (χ2v) is 15.8. The number of imidazole rings is 1. The maximum Gasteiger partial charge on any atom is 0.490 e. The average molecular weight is 718 g/mol. The number of phosphoric ester groups is 2. The van der Waals surface area contributed by atoms with Crippen molar-refractivity contribution in [2.45, 2.75) is 101 Å². The van der Waals surface area contributed by atoms with Crippen molar-refractivity contribution in [1.29, 1.82) is 0 Å². The van der Waals surface area contributed by atoms with Gasteiger partial charge in [-0.25, -0.2) is 23.7 Å². The average Bonchev–Trinajstić information content (AvgIpc) is 3.50. The van der Waals surface area contributed by atoms with Crippen molar-refractivity contribution < 1.29 is 66.1 Å². The van der Waals surface area contributed by atoms with Crippen LogP contribution in [0.4, 0.5) is 0 Å². The zero-order chi connectivity index (χ0) is 33.4. The third kappa shape index (κ3) is 11.1. The highest BCUT2D eigenvalue weighted by molar-refractivity contribution is 7.66. The van der Waals surface area contributed by atoms with Gasteiger partial charge < -0.3 is 40.1 Å². The lowest BCUT2D eigenvalue weighted by Crippen LogP contribution is -2.33. The van der Waals surface area contributed by atoms with Gasteiger partial charge in [0.25, 0.3) is 0 Å². The molecule has 2 aromatic rings. The number of phosphoric acid groups is 3. The molecule has 1 aliphatic carbocycles. The van der Waals surface area contributed by atoms with Gasteiger partial charge in [-0.3, -0.25) is 13.6 Å². The van der Waals surface area contributed by atoms with Crippen molar-refractivity contribution >= 4 is 34.6 Å². The molecule has 2 fully saturated rings. The van der Waals surface area contributed by atoms with E-state index < -0.39 is 60.5 Å². The van der Waals surface area contributed by atoms with E-state index in [1.165, 1.54) is 49.5 Å². The fourth-order valence-electron chi connectivity index (χ4n) is 5.34. The number of hydrogen-bond acceptors (Lipinski definition) is 15. The van der Waals surface area contributed by atoms with Crippen molar-refractivity contribution in [3.63, 3.8) is 0 Å². The summed E-state index contributed by atoms with van der Waals surface area (Å²) in [5.41, 5.74) is 0.0241. The summed E-state index contributed by atoms with van der Waals surface area (Å²) in [5.74, 6) is -0.443.